The number of allylic oxidation sites excluding steroid dienone is 3. The van der Waals surface area contributed by atoms with Gasteiger partial charge in [0.1, 0.15) is 5.60 Å². The van der Waals surface area contributed by atoms with Gasteiger partial charge in [0, 0.05) is 18.5 Å². The molecule has 0 unspecified atom stereocenters. The first-order valence-corrected chi connectivity index (χ1v) is 9.92. The number of hydrogen-bond donors (Lipinski definition) is 0. The third kappa shape index (κ3) is 7.90. The van der Waals surface area contributed by atoms with Crippen molar-refractivity contribution in [2.45, 2.75) is 65.7 Å². The van der Waals surface area contributed by atoms with Crippen molar-refractivity contribution < 1.29 is 17.9 Å². The minimum absolute atomic E-state index is 0.263. The van der Waals surface area contributed by atoms with Crippen molar-refractivity contribution in [3.05, 3.63) is 34.8 Å². The molecule has 0 fully saturated rings. The first-order chi connectivity index (χ1) is 11.2. The van der Waals surface area contributed by atoms with Crippen LogP contribution in [-0.4, -0.2) is 43.9 Å². The molecule has 0 aromatic carbocycles. The summed E-state index contributed by atoms with van der Waals surface area (Å²) in [7, 11) is -1.70. The molecule has 1 amide bonds. The van der Waals surface area contributed by atoms with Crippen LogP contribution < -0.4 is 0 Å². The van der Waals surface area contributed by atoms with Crippen molar-refractivity contribution in [3.8, 4) is 0 Å². The fourth-order valence-electron chi connectivity index (χ4n) is 2.01. The third-order valence-corrected chi connectivity index (χ3v) is 5.81. The third-order valence-electron chi connectivity index (χ3n) is 3.56. The van der Waals surface area contributed by atoms with Crippen LogP contribution in [0.25, 0.3) is 0 Å². The van der Waals surface area contributed by atoms with Gasteiger partial charge in [0.25, 0.3) is 0 Å². The SMILES string of the molecule is C=CC/C(C)=C(\C=C(/C)S(=O)(=O)C(C)C)CN(C)C(=O)OC(C)(C)C. The highest BCUT2D eigenvalue weighted by atomic mass is 32.2. The fraction of sp³-hybridized carbons (Fsp3) is 0.632. The molecule has 0 bridgehead atoms. The summed E-state index contributed by atoms with van der Waals surface area (Å²) in [5.74, 6) is 0. The number of rotatable bonds is 7. The van der Waals surface area contributed by atoms with E-state index >= 15 is 0 Å². The maximum Gasteiger partial charge on any atom is 0.410 e. The second-order valence-electron chi connectivity index (χ2n) is 7.48. The van der Waals surface area contributed by atoms with E-state index in [0.717, 1.165) is 11.1 Å². The summed E-state index contributed by atoms with van der Waals surface area (Å²) in [5.41, 5.74) is 1.15. The molecule has 0 atom stereocenters. The van der Waals surface area contributed by atoms with Crippen LogP contribution in [0.1, 0.15) is 54.9 Å². The van der Waals surface area contributed by atoms with Gasteiger partial charge in [-0.1, -0.05) is 11.6 Å². The van der Waals surface area contributed by atoms with Crippen molar-refractivity contribution in [3.63, 3.8) is 0 Å². The van der Waals surface area contributed by atoms with Gasteiger partial charge >= 0.3 is 6.09 Å². The van der Waals surface area contributed by atoms with Gasteiger partial charge in [-0.2, -0.15) is 0 Å². The number of carbonyl (C=O) groups excluding carboxylic acids is 1. The first-order valence-electron chi connectivity index (χ1n) is 8.38. The smallest absolute Gasteiger partial charge is 0.410 e. The minimum atomic E-state index is -3.34. The van der Waals surface area contributed by atoms with E-state index in [2.05, 4.69) is 6.58 Å². The highest BCUT2D eigenvalue weighted by Gasteiger charge is 2.22. The van der Waals surface area contributed by atoms with Gasteiger partial charge in [-0.05, 0) is 66.5 Å². The number of carbonyl (C=O) groups is 1. The molecule has 0 aliphatic heterocycles. The van der Waals surface area contributed by atoms with E-state index in [-0.39, 0.29) is 6.54 Å². The Balaban J connectivity index is 5.67. The lowest BCUT2D eigenvalue weighted by atomic mass is 10.1. The lowest BCUT2D eigenvalue weighted by molar-refractivity contribution is 0.0314. The lowest BCUT2D eigenvalue weighted by Crippen LogP contribution is -2.35. The van der Waals surface area contributed by atoms with Crippen molar-refractivity contribution in [2.24, 2.45) is 0 Å². The Morgan fingerprint density at radius 2 is 1.76 bits per heavy atom. The van der Waals surface area contributed by atoms with Gasteiger partial charge in [0.2, 0.25) is 0 Å². The second-order valence-corrected chi connectivity index (χ2v) is 10.2. The average Bonchev–Trinajstić information content (AvgIpc) is 2.44. The van der Waals surface area contributed by atoms with Crippen LogP contribution in [0.15, 0.2) is 34.8 Å². The molecule has 25 heavy (non-hydrogen) atoms. The van der Waals surface area contributed by atoms with Crippen LogP contribution in [0.5, 0.6) is 0 Å². The standard InChI is InChI=1S/C19H33NO4S/c1-10-11-15(4)17(12-16(5)25(22,23)14(2)3)13-20(9)18(21)24-19(6,7)8/h10,12,14H,1,11,13H2,2-9H3/b16-12+,17-15+. The number of hydrogen-bond acceptors (Lipinski definition) is 4. The molecule has 0 saturated carbocycles. The molecule has 6 heteroatoms. The van der Waals surface area contributed by atoms with Crippen LogP contribution in [-0.2, 0) is 14.6 Å². The Bertz CT molecular complexity index is 649. The van der Waals surface area contributed by atoms with Crippen LogP contribution in [0.4, 0.5) is 4.79 Å². The molecule has 0 N–H and O–H groups in total. The van der Waals surface area contributed by atoms with Crippen molar-refractivity contribution >= 4 is 15.9 Å². The van der Waals surface area contributed by atoms with Gasteiger partial charge in [0.05, 0.1) is 5.25 Å². The predicted octanol–water partition coefficient (Wildman–Crippen LogP) is 4.47. The average molecular weight is 372 g/mol. The Labute approximate surface area is 153 Å². The van der Waals surface area contributed by atoms with Crippen molar-refractivity contribution in [1.29, 1.82) is 0 Å². The van der Waals surface area contributed by atoms with E-state index in [9.17, 15) is 13.2 Å². The topological polar surface area (TPSA) is 63.7 Å². The first kappa shape index (κ1) is 23.4. The predicted molar refractivity (Wildman–Crippen MR) is 104 cm³/mol. The number of nitrogens with zero attached hydrogens (tertiary/aromatic N) is 1. The molecule has 0 heterocycles. The largest absolute Gasteiger partial charge is 0.444 e. The summed E-state index contributed by atoms with van der Waals surface area (Å²) in [6, 6.07) is 0. The van der Waals surface area contributed by atoms with E-state index in [1.165, 1.54) is 4.90 Å². The molecule has 0 aromatic heterocycles. The van der Waals surface area contributed by atoms with Crippen LogP contribution >= 0.6 is 0 Å². The maximum atomic E-state index is 12.3. The van der Waals surface area contributed by atoms with Crippen LogP contribution in [0.2, 0.25) is 0 Å². The summed E-state index contributed by atoms with van der Waals surface area (Å²) in [5, 5.41) is -0.492. The minimum Gasteiger partial charge on any atom is -0.444 e. The zero-order valence-corrected chi connectivity index (χ0v) is 17.7. The normalized spacial score (nSPS) is 14.2. The molecule has 0 aromatic rings. The summed E-state index contributed by atoms with van der Waals surface area (Å²) >= 11 is 0. The molecule has 0 aliphatic carbocycles. The quantitative estimate of drug-likeness (QED) is 0.489. The lowest BCUT2D eigenvalue weighted by Gasteiger charge is -2.25. The summed E-state index contributed by atoms with van der Waals surface area (Å²) in [6.45, 7) is 16.2. The fourth-order valence-corrected chi connectivity index (χ4v) is 3.06. The Kier molecular flexibility index (Phi) is 8.65. The van der Waals surface area contributed by atoms with Crippen LogP contribution in [0, 0.1) is 0 Å². The van der Waals surface area contributed by atoms with E-state index in [0.29, 0.717) is 11.3 Å². The number of ether oxygens (including phenoxy) is 1. The number of amides is 1. The molecule has 0 saturated heterocycles. The Morgan fingerprint density at radius 1 is 1.24 bits per heavy atom. The summed E-state index contributed by atoms with van der Waals surface area (Å²) in [6.07, 6.45) is 3.57. The maximum absolute atomic E-state index is 12.3. The summed E-state index contributed by atoms with van der Waals surface area (Å²) in [4.78, 5) is 13.9. The molecule has 0 spiro atoms. The molecular formula is C19H33NO4S. The van der Waals surface area contributed by atoms with Gasteiger partial charge in [-0.15, -0.1) is 6.58 Å². The zero-order chi connectivity index (χ0) is 20.0. The summed E-state index contributed by atoms with van der Waals surface area (Å²) < 4.78 is 30.0. The van der Waals surface area contributed by atoms with E-state index in [4.69, 9.17) is 4.74 Å². The van der Waals surface area contributed by atoms with Gasteiger partial charge in [-0.25, -0.2) is 13.2 Å². The molecule has 0 aliphatic rings. The van der Waals surface area contributed by atoms with Crippen molar-refractivity contribution in [1.82, 2.24) is 4.90 Å². The Hall–Kier alpha value is -1.56. The molecule has 0 rings (SSSR count). The molecule has 0 radical (unpaired) electrons. The van der Waals surface area contributed by atoms with Gasteiger partial charge < -0.3 is 9.64 Å². The number of sulfone groups is 1. The monoisotopic (exact) mass is 371 g/mol. The van der Waals surface area contributed by atoms with E-state index in [1.807, 2.05) is 6.92 Å². The van der Waals surface area contributed by atoms with Gasteiger partial charge in [0.15, 0.2) is 9.84 Å². The highest BCUT2D eigenvalue weighted by molar-refractivity contribution is 7.95. The second kappa shape index (κ2) is 9.22. The number of likely N-dealkylation sites (N-methyl/N-ethyl adjacent to an activating group) is 1. The molecule has 5 nitrogen and oxygen atoms in total. The highest BCUT2D eigenvalue weighted by Crippen LogP contribution is 2.20. The molecule has 144 valence electrons. The van der Waals surface area contributed by atoms with Gasteiger partial charge in [-0.3, -0.25) is 0 Å². The zero-order valence-electron chi connectivity index (χ0n) is 16.8. The Morgan fingerprint density at radius 3 is 2.16 bits per heavy atom. The molecular weight excluding hydrogens is 338 g/mol. The van der Waals surface area contributed by atoms with E-state index in [1.54, 1.807) is 60.7 Å². The van der Waals surface area contributed by atoms with Crippen molar-refractivity contribution in [2.75, 3.05) is 13.6 Å². The van der Waals surface area contributed by atoms with Crippen LogP contribution in [0.3, 0.4) is 0 Å². The van der Waals surface area contributed by atoms with E-state index < -0.39 is 26.8 Å².